The molecule has 0 aliphatic heterocycles. The predicted molar refractivity (Wildman–Crippen MR) is 87.4 cm³/mol. The molecule has 0 bridgehead atoms. The van der Waals surface area contributed by atoms with Gasteiger partial charge in [-0.15, -0.1) is 0 Å². The summed E-state index contributed by atoms with van der Waals surface area (Å²) in [5.74, 6) is 2.02. The van der Waals surface area contributed by atoms with Crippen LogP contribution in [0.1, 0.15) is 24.3 Å². The lowest BCUT2D eigenvalue weighted by Crippen LogP contribution is -2.31. The summed E-state index contributed by atoms with van der Waals surface area (Å²) in [6.07, 6.45) is 0. The number of aliphatic hydroxyl groups excluding tert-OH is 1. The highest BCUT2D eigenvalue weighted by atomic mass is 16.5. The minimum absolute atomic E-state index is 0.0788. The topological polar surface area (TPSA) is 106 Å². The highest BCUT2D eigenvalue weighted by Crippen LogP contribution is 2.30. The third kappa shape index (κ3) is 4.63. The quantitative estimate of drug-likeness (QED) is 0.716. The molecular formula is C16H21N3O5. The first-order valence-electron chi connectivity index (χ1n) is 7.46. The van der Waals surface area contributed by atoms with Gasteiger partial charge in [0.25, 0.3) is 0 Å². The van der Waals surface area contributed by atoms with Crippen molar-refractivity contribution < 1.29 is 23.9 Å². The van der Waals surface area contributed by atoms with Crippen LogP contribution >= 0.6 is 0 Å². The molecule has 8 nitrogen and oxygen atoms in total. The smallest absolute Gasteiger partial charge is 0.320 e. The van der Waals surface area contributed by atoms with Gasteiger partial charge in [0.2, 0.25) is 0 Å². The summed E-state index contributed by atoms with van der Waals surface area (Å²) in [7, 11) is 1.53. The zero-order valence-electron chi connectivity index (χ0n) is 13.8. The van der Waals surface area contributed by atoms with Gasteiger partial charge in [0.05, 0.1) is 19.8 Å². The number of benzene rings is 1. The van der Waals surface area contributed by atoms with Crippen LogP contribution < -0.4 is 20.1 Å². The van der Waals surface area contributed by atoms with E-state index in [4.69, 9.17) is 19.1 Å². The van der Waals surface area contributed by atoms with Crippen LogP contribution in [0.2, 0.25) is 0 Å². The first-order chi connectivity index (χ1) is 11.5. The summed E-state index contributed by atoms with van der Waals surface area (Å²) < 4.78 is 15.6. The van der Waals surface area contributed by atoms with Crippen molar-refractivity contribution in [3.63, 3.8) is 0 Å². The Balaban J connectivity index is 2.00. The molecule has 0 aliphatic carbocycles. The number of rotatable bonds is 7. The van der Waals surface area contributed by atoms with E-state index >= 15 is 0 Å². The molecule has 2 amide bonds. The number of nitrogens with zero attached hydrogens (tertiary/aromatic N) is 1. The molecule has 130 valence electrons. The average molecular weight is 335 g/mol. The summed E-state index contributed by atoms with van der Waals surface area (Å²) in [6.45, 7) is 3.69. The highest BCUT2D eigenvalue weighted by Gasteiger charge is 2.14. The standard InChI is InChI=1S/C16H21N3O5/c1-10-8-15(19-24-10)18-16(21)17-11(2)12-4-5-13(23-7-6-20)14(9-12)22-3/h4-5,8-9,11,20H,6-7H2,1-3H3,(H2,17,18,19,21)/t11-/m1/s1. The number of urea groups is 1. The molecule has 0 unspecified atom stereocenters. The molecule has 1 aromatic heterocycles. The number of aliphatic hydroxyl groups is 1. The number of carbonyl (C=O) groups is 1. The van der Waals surface area contributed by atoms with Crippen LogP contribution in [0.25, 0.3) is 0 Å². The molecule has 0 aliphatic rings. The minimum Gasteiger partial charge on any atom is -0.493 e. The Morgan fingerprint density at radius 2 is 2.17 bits per heavy atom. The van der Waals surface area contributed by atoms with Gasteiger partial charge < -0.3 is 24.4 Å². The zero-order valence-corrected chi connectivity index (χ0v) is 13.8. The molecule has 0 radical (unpaired) electrons. The third-order valence-corrected chi connectivity index (χ3v) is 3.25. The molecule has 8 heteroatoms. The van der Waals surface area contributed by atoms with Gasteiger partial charge in [-0.25, -0.2) is 4.79 Å². The van der Waals surface area contributed by atoms with E-state index in [1.807, 2.05) is 13.0 Å². The molecule has 24 heavy (non-hydrogen) atoms. The fourth-order valence-electron chi connectivity index (χ4n) is 2.09. The van der Waals surface area contributed by atoms with E-state index < -0.39 is 6.03 Å². The number of methoxy groups -OCH3 is 1. The number of carbonyl (C=O) groups excluding carboxylic acids is 1. The van der Waals surface area contributed by atoms with Crippen molar-refractivity contribution in [2.75, 3.05) is 25.6 Å². The molecule has 0 saturated carbocycles. The van der Waals surface area contributed by atoms with Gasteiger partial charge in [-0.3, -0.25) is 5.32 Å². The lowest BCUT2D eigenvalue weighted by atomic mass is 10.1. The number of amides is 2. The van der Waals surface area contributed by atoms with Crippen LogP contribution in [0.4, 0.5) is 10.6 Å². The fourth-order valence-corrected chi connectivity index (χ4v) is 2.09. The van der Waals surface area contributed by atoms with E-state index in [1.165, 1.54) is 7.11 Å². The Hall–Kier alpha value is -2.74. The molecule has 1 aromatic carbocycles. The van der Waals surface area contributed by atoms with Gasteiger partial charge in [0.15, 0.2) is 17.3 Å². The summed E-state index contributed by atoms with van der Waals surface area (Å²) >= 11 is 0. The largest absolute Gasteiger partial charge is 0.493 e. The Kier molecular flexibility index (Phi) is 6.02. The maximum absolute atomic E-state index is 12.0. The molecule has 3 N–H and O–H groups in total. The highest BCUT2D eigenvalue weighted by molar-refractivity contribution is 5.88. The summed E-state index contributed by atoms with van der Waals surface area (Å²) in [6, 6.07) is 6.30. The average Bonchev–Trinajstić information content (AvgIpc) is 2.97. The van der Waals surface area contributed by atoms with Crippen molar-refractivity contribution in [2.45, 2.75) is 19.9 Å². The predicted octanol–water partition coefficient (Wildman–Crippen LogP) is 2.25. The lowest BCUT2D eigenvalue weighted by Gasteiger charge is -2.17. The number of anilines is 1. The first-order valence-corrected chi connectivity index (χ1v) is 7.46. The van der Waals surface area contributed by atoms with Gasteiger partial charge in [-0.05, 0) is 31.5 Å². The molecule has 0 spiro atoms. The first kappa shape index (κ1) is 17.6. The van der Waals surface area contributed by atoms with E-state index in [9.17, 15) is 4.79 Å². The van der Waals surface area contributed by atoms with E-state index in [-0.39, 0.29) is 19.3 Å². The monoisotopic (exact) mass is 335 g/mol. The maximum atomic E-state index is 12.0. The van der Waals surface area contributed by atoms with Crippen LogP contribution in [0.5, 0.6) is 11.5 Å². The van der Waals surface area contributed by atoms with Crippen LogP contribution in [0, 0.1) is 6.92 Å². The van der Waals surface area contributed by atoms with E-state index in [2.05, 4.69) is 15.8 Å². The van der Waals surface area contributed by atoms with Crippen molar-refractivity contribution in [1.29, 1.82) is 0 Å². The SMILES string of the molecule is COc1cc([C@@H](C)NC(=O)Nc2cc(C)on2)ccc1OCCO. The second-order valence-electron chi connectivity index (χ2n) is 5.13. The van der Waals surface area contributed by atoms with Gasteiger partial charge in [0, 0.05) is 6.07 Å². The van der Waals surface area contributed by atoms with Crippen LogP contribution in [0.15, 0.2) is 28.8 Å². The molecule has 1 heterocycles. The number of hydrogen-bond acceptors (Lipinski definition) is 6. The second kappa shape index (κ2) is 8.21. The molecule has 0 saturated heterocycles. The van der Waals surface area contributed by atoms with Gasteiger partial charge in [-0.2, -0.15) is 0 Å². The molecule has 0 fully saturated rings. The van der Waals surface area contributed by atoms with Gasteiger partial charge in [0.1, 0.15) is 12.4 Å². The van der Waals surface area contributed by atoms with E-state index in [0.29, 0.717) is 23.1 Å². The zero-order chi connectivity index (χ0) is 17.5. The van der Waals surface area contributed by atoms with Crippen molar-refractivity contribution >= 4 is 11.8 Å². The Morgan fingerprint density at radius 3 is 2.79 bits per heavy atom. The summed E-state index contributed by atoms with van der Waals surface area (Å²) in [5.41, 5.74) is 0.842. The van der Waals surface area contributed by atoms with Gasteiger partial charge in [-0.1, -0.05) is 11.2 Å². The van der Waals surface area contributed by atoms with Crippen molar-refractivity contribution in [2.24, 2.45) is 0 Å². The Bertz CT molecular complexity index is 686. The lowest BCUT2D eigenvalue weighted by molar-refractivity contribution is 0.196. The van der Waals surface area contributed by atoms with Crippen LogP contribution in [-0.2, 0) is 0 Å². The van der Waals surface area contributed by atoms with E-state index in [1.54, 1.807) is 25.1 Å². The maximum Gasteiger partial charge on any atom is 0.320 e. The Morgan fingerprint density at radius 1 is 1.38 bits per heavy atom. The van der Waals surface area contributed by atoms with Crippen LogP contribution in [0.3, 0.4) is 0 Å². The summed E-state index contributed by atoms with van der Waals surface area (Å²) in [4.78, 5) is 12.0. The number of ether oxygens (including phenoxy) is 2. The fraction of sp³-hybridized carbons (Fsp3) is 0.375. The number of hydrogen-bond donors (Lipinski definition) is 3. The molecule has 2 rings (SSSR count). The van der Waals surface area contributed by atoms with Crippen molar-refractivity contribution in [3.8, 4) is 11.5 Å². The number of aryl methyl sites for hydroxylation is 1. The number of nitrogens with one attached hydrogen (secondary N) is 2. The molecule has 1 atom stereocenters. The summed E-state index contributed by atoms with van der Waals surface area (Å²) in [5, 5.41) is 17.9. The molecular weight excluding hydrogens is 314 g/mol. The van der Waals surface area contributed by atoms with Gasteiger partial charge >= 0.3 is 6.03 Å². The van der Waals surface area contributed by atoms with Crippen molar-refractivity contribution in [1.82, 2.24) is 10.5 Å². The third-order valence-electron chi connectivity index (χ3n) is 3.25. The number of aromatic nitrogens is 1. The molecule has 2 aromatic rings. The van der Waals surface area contributed by atoms with Crippen molar-refractivity contribution in [3.05, 3.63) is 35.6 Å². The van der Waals surface area contributed by atoms with E-state index in [0.717, 1.165) is 5.56 Å². The minimum atomic E-state index is -0.393. The normalized spacial score (nSPS) is 11.7. The second-order valence-corrected chi connectivity index (χ2v) is 5.13. The Labute approximate surface area is 139 Å². The van der Waals surface area contributed by atoms with Crippen LogP contribution in [-0.4, -0.2) is 36.6 Å².